The van der Waals surface area contributed by atoms with Crippen molar-refractivity contribution in [2.45, 2.75) is 104 Å². The fourth-order valence-electron chi connectivity index (χ4n) is 3.84. The maximum atomic E-state index is 10.9. The first kappa shape index (κ1) is 25.9. The van der Waals surface area contributed by atoms with Crippen LogP contribution in [0.3, 0.4) is 0 Å². The minimum Gasteiger partial charge on any atom is -0.324 e. The van der Waals surface area contributed by atoms with E-state index in [4.69, 9.17) is 4.55 Å². The van der Waals surface area contributed by atoms with Crippen LogP contribution >= 0.6 is 0 Å². The van der Waals surface area contributed by atoms with E-state index >= 15 is 0 Å². The van der Waals surface area contributed by atoms with Crippen molar-refractivity contribution in [2.75, 3.05) is 31.9 Å². The first-order chi connectivity index (χ1) is 12.4. The van der Waals surface area contributed by atoms with Crippen LogP contribution in [0.2, 0.25) is 0 Å². The minimum atomic E-state index is -3.82. The van der Waals surface area contributed by atoms with Crippen molar-refractivity contribution in [1.29, 1.82) is 0 Å². The molecule has 0 aliphatic carbocycles. The van der Waals surface area contributed by atoms with Gasteiger partial charge in [-0.1, -0.05) is 71.1 Å². The third-order valence-corrected chi connectivity index (χ3v) is 6.67. The monoisotopic (exact) mass is 392 g/mol. The molecule has 0 atom stereocenters. The average Bonchev–Trinajstić information content (AvgIpc) is 2.60. The summed E-state index contributed by atoms with van der Waals surface area (Å²) in [5.41, 5.74) is 0. The van der Waals surface area contributed by atoms with Gasteiger partial charge in [-0.05, 0) is 26.7 Å². The van der Waals surface area contributed by atoms with E-state index in [1.165, 1.54) is 77.0 Å². The standard InChI is InChI=1S/C21H45NO3S/c1-4-7-8-9-10-11-12-13-14-15-16-17-19-22(5-2,6-3)20-18-21-26(23,24)25/h4-21H2,1-3H3/p+1. The Morgan fingerprint density at radius 1 is 0.615 bits per heavy atom. The van der Waals surface area contributed by atoms with E-state index < -0.39 is 10.1 Å². The fourth-order valence-corrected chi connectivity index (χ4v) is 4.33. The van der Waals surface area contributed by atoms with Crippen molar-refractivity contribution in [3.8, 4) is 0 Å². The summed E-state index contributed by atoms with van der Waals surface area (Å²) >= 11 is 0. The van der Waals surface area contributed by atoms with Crippen LogP contribution in [0.4, 0.5) is 0 Å². The summed E-state index contributed by atoms with van der Waals surface area (Å²) in [7, 11) is -3.82. The predicted molar refractivity (Wildman–Crippen MR) is 113 cm³/mol. The van der Waals surface area contributed by atoms with Crippen LogP contribution in [-0.4, -0.2) is 49.4 Å². The number of unbranched alkanes of at least 4 members (excludes halogenated alkanes) is 11. The molecule has 158 valence electrons. The molecule has 0 aliphatic rings. The lowest BCUT2D eigenvalue weighted by Crippen LogP contribution is -2.49. The normalized spacial score (nSPS) is 12.6. The van der Waals surface area contributed by atoms with Crippen molar-refractivity contribution >= 4 is 10.1 Å². The molecule has 0 radical (unpaired) electrons. The predicted octanol–water partition coefficient (Wildman–Crippen LogP) is 5.82. The second kappa shape index (κ2) is 15.9. The summed E-state index contributed by atoms with van der Waals surface area (Å²) in [6, 6.07) is 0. The van der Waals surface area contributed by atoms with Crippen LogP contribution in [0.1, 0.15) is 104 Å². The summed E-state index contributed by atoms with van der Waals surface area (Å²) in [6.45, 7) is 10.7. The lowest BCUT2D eigenvalue weighted by Gasteiger charge is -2.37. The summed E-state index contributed by atoms with van der Waals surface area (Å²) < 4.78 is 31.7. The van der Waals surface area contributed by atoms with Gasteiger partial charge in [-0.15, -0.1) is 0 Å². The average molecular weight is 393 g/mol. The molecule has 0 amide bonds. The molecule has 0 heterocycles. The molecule has 0 saturated heterocycles. The molecule has 26 heavy (non-hydrogen) atoms. The number of nitrogens with zero attached hydrogens (tertiary/aromatic N) is 1. The maximum absolute atomic E-state index is 10.9. The molecular weight excluding hydrogens is 346 g/mol. The van der Waals surface area contributed by atoms with Crippen LogP contribution in [0.5, 0.6) is 0 Å². The zero-order valence-electron chi connectivity index (χ0n) is 17.8. The van der Waals surface area contributed by atoms with E-state index in [0.717, 1.165) is 30.7 Å². The van der Waals surface area contributed by atoms with Gasteiger partial charge in [0.05, 0.1) is 31.9 Å². The SMILES string of the molecule is CCCCCCCCCCCCCC[N+](CC)(CC)CCCS(=O)(=O)O. The molecular formula is C21H46NO3S+. The van der Waals surface area contributed by atoms with Crippen LogP contribution in [0.25, 0.3) is 0 Å². The molecule has 0 aromatic heterocycles. The van der Waals surface area contributed by atoms with E-state index in [0.29, 0.717) is 6.42 Å². The molecule has 0 rings (SSSR count). The highest BCUT2D eigenvalue weighted by atomic mass is 32.2. The topological polar surface area (TPSA) is 54.4 Å². The largest absolute Gasteiger partial charge is 0.324 e. The Morgan fingerprint density at radius 3 is 1.38 bits per heavy atom. The van der Waals surface area contributed by atoms with Crippen LogP contribution in [-0.2, 0) is 10.1 Å². The van der Waals surface area contributed by atoms with Crippen molar-refractivity contribution in [3.63, 3.8) is 0 Å². The van der Waals surface area contributed by atoms with Crippen LogP contribution < -0.4 is 0 Å². The highest BCUT2D eigenvalue weighted by Crippen LogP contribution is 2.15. The Labute approximate surface area is 164 Å². The smallest absolute Gasteiger partial charge is 0.265 e. The first-order valence-corrected chi connectivity index (χ1v) is 12.8. The summed E-state index contributed by atoms with van der Waals surface area (Å²) in [6.07, 6.45) is 16.9. The summed E-state index contributed by atoms with van der Waals surface area (Å²) in [5, 5.41) is 0. The maximum Gasteiger partial charge on any atom is 0.265 e. The Hall–Kier alpha value is -0.130. The molecule has 1 N–H and O–H groups in total. The Kier molecular flexibility index (Phi) is 15.8. The van der Waals surface area contributed by atoms with Crippen molar-refractivity contribution in [1.82, 2.24) is 0 Å². The first-order valence-electron chi connectivity index (χ1n) is 11.2. The number of rotatable bonds is 19. The van der Waals surface area contributed by atoms with Crippen molar-refractivity contribution in [3.05, 3.63) is 0 Å². The van der Waals surface area contributed by atoms with Gasteiger partial charge >= 0.3 is 0 Å². The highest BCUT2D eigenvalue weighted by molar-refractivity contribution is 7.85. The number of quaternary nitrogens is 1. The Bertz CT molecular complexity index is 405. The molecule has 0 aliphatic heterocycles. The third kappa shape index (κ3) is 15.0. The van der Waals surface area contributed by atoms with Crippen molar-refractivity contribution < 1.29 is 17.5 Å². The van der Waals surface area contributed by atoms with Gasteiger partial charge in [-0.3, -0.25) is 4.55 Å². The van der Waals surface area contributed by atoms with Gasteiger partial charge in [0.25, 0.3) is 10.1 Å². The second-order valence-electron chi connectivity index (χ2n) is 7.95. The quantitative estimate of drug-likeness (QED) is 0.171. The Balaban J connectivity index is 3.70. The van der Waals surface area contributed by atoms with Gasteiger partial charge in [0.15, 0.2) is 0 Å². The fraction of sp³-hybridized carbons (Fsp3) is 1.00. The molecule has 4 nitrogen and oxygen atoms in total. The third-order valence-electron chi connectivity index (χ3n) is 5.86. The van der Waals surface area contributed by atoms with E-state index in [-0.39, 0.29) is 5.75 Å². The van der Waals surface area contributed by atoms with E-state index in [1.54, 1.807) is 0 Å². The highest BCUT2D eigenvalue weighted by Gasteiger charge is 2.23. The molecule has 0 unspecified atom stereocenters. The Morgan fingerprint density at radius 2 is 1.00 bits per heavy atom. The van der Waals surface area contributed by atoms with E-state index in [1.807, 2.05) is 0 Å². The van der Waals surface area contributed by atoms with Gasteiger partial charge < -0.3 is 4.48 Å². The lowest BCUT2D eigenvalue weighted by atomic mass is 10.0. The summed E-state index contributed by atoms with van der Waals surface area (Å²) in [4.78, 5) is 0. The molecule has 0 saturated carbocycles. The summed E-state index contributed by atoms with van der Waals surface area (Å²) in [5.74, 6) is -0.106. The minimum absolute atomic E-state index is 0.106. The van der Waals surface area contributed by atoms with E-state index in [2.05, 4.69) is 20.8 Å². The van der Waals surface area contributed by atoms with Gasteiger partial charge in [-0.2, -0.15) is 8.42 Å². The zero-order chi connectivity index (χ0) is 19.7. The van der Waals surface area contributed by atoms with Gasteiger partial charge in [0, 0.05) is 6.42 Å². The van der Waals surface area contributed by atoms with Gasteiger partial charge in [0.1, 0.15) is 0 Å². The number of hydrogen-bond acceptors (Lipinski definition) is 2. The van der Waals surface area contributed by atoms with Crippen LogP contribution in [0.15, 0.2) is 0 Å². The molecule has 0 aromatic rings. The second-order valence-corrected chi connectivity index (χ2v) is 9.52. The molecule has 0 aromatic carbocycles. The molecule has 0 fully saturated rings. The van der Waals surface area contributed by atoms with Crippen molar-refractivity contribution in [2.24, 2.45) is 0 Å². The lowest BCUT2D eigenvalue weighted by molar-refractivity contribution is -0.925. The van der Waals surface area contributed by atoms with Gasteiger partial charge in [-0.25, -0.2) is 0 Å². The van der Waals surface area contributed by atoms with E-state index in [9.17, 15) is 8.42 Å². The number of hydrogen-bond donors (Lipinski definition) is 1. The molecule has 5 heteroatoms. The molecule has 0 spiro atoms. The van der Waals surface area contributed by atoms with Crippen LogP contribution in [0, 0.1) is 0 Å². The van der Waals surface area contributed by atoms with Gasteiger partial charge in [0.2, 0.25) is 0 Å². The zero-order valence-corrected chi connectivity index (χ0v) is 18.7. The molecule has 0 bridgehead atoms.